The summed E-state index contributed by atoms with van der Waals surface area (Å²) < 4.78 is 11.3. The van der Waals surface area contributed by atoms with Crippen LogP contribution in [0.25, 0.3) is 0 Å². The lowest BCUT2D eigenvalue weighted by Crippen LogP contribution is -2.52. The van der Waals surface area contributed by atoms with Crippen molar-refractivity contribution < 1.29 is 34.1 Å². The first-order chi connectivity index (χ1) is 17.3. The van der Waals surface area contributed by atoms with Crippen LogP contribution >= 0.6 is 15.9 Å². The summed E-state index contributed by atoms with van der Waals surface area (Å²) in [5.74, 6) is -4.05. The number of carbonyl (C=O) groups is 3. The number of ketones is 1. The van der Waals surface area contributed by atoms with Gasteiger partial charge >= 0.3 is 6.09 Å². The molecule has 1 fully saturated rings. The maximum Gasteiger partial charge on any atom is 0.417 e. The van der Waals surface area contributed by atoms with Crippen molar-refractivity contribution in [2.24, 2.45) is 5.92 Å². The highest BCUT2D eigenvalue weighted by Crippen LogP contribution is 2.39. The SMILES string of the molecule is O=C1C=C(Br)[C@@](O)(CCCCO)O[C@H]1[C@H](Cc1ccccc1)C(=O)N1C(=O)OC[C@@H]1c1ccccc1. The smallest absolute Gasteiger partial charge is 0.417 e. The molecule has 2 heterocycles. The van der Waals surface area contributed by atoms with Crippen LogP contribution in [-0.2, 0) is 25.5 Å². The van der Waals surface area contributed by atoms with Gasteiger partial charge in [0.2, 0.25) is 5.91 Å². The van der Waals surface area contributed by atoms with Crippen molar-refractivity contribution in [3.63, 3.8) is 0 Å². The molecule has 36 heavy (non-hydrogen) atoms. The molecule has 0 radical (unpaired) electrons. The Balaban J connectivity index is 1.69. The van der Waals surface area contributed by atoms with Gasteiger partial charge in [0.25, 0.3) is 0 Å². The number of cyclic esters (lactones) is 1. The van der Waals surface area contributed by atoms with Crippen LogP contribution in [0, 0.1) is 5.92 Å². The van der Waals surface area contributed by atoms with Crippen molar-refractivity contribution >= 4 is 33.7 Å². The van der Waals surface area contributed by atoms with Crippen LogP contribution in [-0.4, -0.2) is 58.0 Å². The van der Waals surface area contributed by atoms with Crippen molar-refractivity contribution in [3.8, 4) is 0 Å². The number of amides is 2. The molecular weight excluding hydrogens is 530 g/mol. The fourth-order valence-corrected chi connectivity index (χ4v) is 5.05. The van der Waals surface area contributed by atoms with Gasteiger partial charge in [0.05, 0.1) is 10.4 Å². The number of hydrogen-bond acceptors (Lipinski definition) is 7. The van der Waals surface area contributed by atoms with E-state index < -0.39 is 41.6 Å². The Bertz CT molecular complexity index is 1120. The summed E-state index contributed by atoms with van der Waals surface area (Å²) in [5, 5.41) is 20.3. The van der Waals surface area contributed by atoms with E-state index in [0.717, 1.165) is 16.0 Å². The van der Waals surface area contributed by atoms with Gasteiger partial charge in [-0.1, -0.05) is 60.7 Å². The average Bonchev–Trinajstić information content (AvgIpc) is 3.27. The van der Waals surface area contributed by atoms with Crippen LogP contribution in [0.5, 0.6) is 0 Å². The molecule has 9 heteroatoms. The second-order valence-corrected chi connectivity index (χ2v) is 9.76. The average molecular weight is 558 g/mol. The number of unbranched alkanes of at least 4 members (excludes halogenated alkanes) is 1. The minimum absolute atomic E-state index is 0.00264. The van der Waals surface area contributed by atoms with Crippen molar-refractivity contribution in [3.05, 3.63) is 82.3 Å². The summed E-state index contributed by atoms with van der Waals surface area (Å²) in [5.41, 5.74) is 1.50. The number of aliphatic hydroxyl groups is 2. The van der Waals surface area contributed by atoms with Gasteiger partial charge < -0.3 is 19.7 Å². The highest BCUT2D eigenvalue weighted by Gasteiger charge is 2.49. The molecular formula is C27H28BrNO7. The first-order valence-electron chi connectivity index (χ1n) is 11.9. The molecule has 8 nitrogen and oxygen atoms in total. The Hall–Kier alpha value is -2.85. The molecule has 4 rings (SSSR count). The standard InChI is InChI=1S/C27H28BrNO7/c28-23-16-22(31)24(36-27(23,34)13-7-8-14-30)20(15-18-9-3-1-4-10-18)25(32)29-21(17-35-26(29)33)19-11-5-2-6-12-19/h1-6,9-12,16,20-21,24,30,34H,7-8,13-15,17H2/t20-,21+,24-,27+/m0/s1. The van der Waals surface area contributed by atoms with Crippen LogP contribution < -0.4 is 0 Å². The summed E-state index contributed by atoms with van der Waals surface area (Å²) in [4.78, 5) is 40.9. The quantitative estimate of drug-likeness (QED) is 0.452. The summed E-state index contributed by atoms with van der Waals surface area (Å²) in [6.45, 7) is -0.0461. The largest absolute Gasteiger partial charge is 0.446 e. The lowest BCUT2D eigenvalue weighted by molar-refractivity contribution is -0.218. The number of rotatable bonds is 9. The zero-order chi connectivity index (χ0) is 25.7. The highest BCUT2D eigenvalue weighted by molar-refractivity contribution is 9.11. The predicted octanol–water partition coefficient (Wildman–Crippen LogP) is 3.66. The molecule has 1 saturated heterocycles. The Morgan fingerprint density at radius 3 is 2.42 bits per heavy atom. The molecule has 0 spiro atoms. The van der Waals surface area contributed by atoms with Gasteiger partial charge in [0, 0.05) is 13.0 Å². The molecule has 190 valence electrons. The minimum Gasteiger partial charge on any atom is -0.446 e. The minimum atomic E-state index is -1.84. The number of imide groups is 1. The Morgan fingerprint density at radius 1 is 1.08 bits per heavy atom. The predicted molar refractivity (Wildman–Crippen MR) is 134 cm³/mol. The maximum atomic E-state index is 14.0. The normalized spacial score (nSPS) is 24.9. The fraction of sp³-hybridized carbons (Fsp3) is 0.370. The van der Waals surface area contributed by atoms with E-state index >= 15 is 0 Å². The molecule has 0 bridgehead atoms. The fourth-order valence-electron chi connectivity index (χ4n) is 4.54. The molecule has 0 aromatic heterocycles. The number of ether oxygens (including phenoxy) is 2. The summed E-state index contributed by atoms with van der Waals surface area (Å²) in [7, 11) is 0. The maximum absolute atomic E-state index is 14.0. The Morgan fingerprint density at radius 2 is 1.75 bits per heavy atom. The zero-order valence-electron chi connectivity index (χ0n) is 19.6. The third kappa shape index (κ3) is 5.59. The molecule has 2 aromatic carbocycles. The molecule has 2 amide bonds. The van der Waals surface area contributed by atoms with Gasteiger partial charge in [-0.05, 0) is 52.4 Å². The first kappa shape index (κ1) is 26.2. The third-order valence-electron chi connectivity index (χ3n) is 6.44. The molecule has 0 saturated carbocycles. The summed E-state index contributed by atoms with van der Waals surface area (Å²) in [6, 6.07) is 17.5. The van der Waals surface area contributed by atoms with E-state index in [9.17, 15) is 19.5 Å². The number of benzene rings is 2. The van der Waals surface area contributed by atoms with Crippen LogP contribution in [0.15, 0.2) is 71.2 Å². The van der Waals surface area contributed by atoms with E-state index in [1.165, 1.54) is 6.08 Å². The molecule has 0 aliphatic carbocycles. The third-order valence-corrected chi connectivity index (χ3v) is 7.29. The Kier molecular flexibility index (Phi) is 8.35. The first-order valence-corrected chi connectivity index (χ1v) is 12.6. The van der Waals surface area contributed by atoms with E-state index in [0.29, 0.717) is 12.8 Å². The van der Waals surface area contributed by atoms with Gasteiger partial charge in [-0.2, -0.15) is 0 Å². The molecule has 2 aromatic rings. The number of hydrogen-bond donors (Lipinski definition) is 2. The Labute approximate surface area is 217 Å². The number of nitrogens with zero attached hydrogens (tertiary/aromatic N) is 1. The van der Waals surface area contributed by atoms with Gasteiger partial charge in [-0.3, -0.25) is 9.59 Å². The second-order valence-electron chi connectivity index (χ2n) is 8.91. The molecule has 2 aliphatic rings. The summed E-state index contributed by atoms with van der Waals surface area (Å²) >= 11 is 3.23. The van der Waals surface area contributed by atoms with Crippen molar-refractivity contribution in [1.82, 2.24) is 4.90 Å². The van der Waals surface area contributed by atoms with E-state index in [-0.39, 0.29) is 30.5 Å². The molecule has 0 unspecified atom stereocenters. The van der Waals surface area contributed by atoms with Gasteiger partial charge in [0.15, 0.2) is 11.6 Å². The lowest BCUT2D eigenvalue weighted by atomic mass is 9.87. The van der Waals surface area contributed by atoms with E-state index in [1.54, 1.807) is 12.1 Å². The van der Waals surface area contributed by atoms with E-state index in [1.807, 2.05) is 48.5 Å². The van der Waals surface area contributed by atoms with Crippen LogP contribution in [0.2, 0.25) is 0 Å². The number of aliphatic hydroxyl groups excluding tert-OH is 1. The van der Waals surface area contributed by atoms with Crippen molar-refractivity contribution in [2.45, 2.75) is 43.6 Å². The van der Waals surface area contributed by atoms with Gasteiger partial charge in [-0.15, -0.1) is 0 Å². The van der Waals surface area contributed by atoms with Crippen molar-refractivity contribution in [1.29, 1.82) is 0 Å². The van der Waals surface area contributed by atoms with Gasteiger partial charge in [-0.25, -0.2) is 9.69 Å². The highest BCUT2D eigenvalue weighted by atomic mass is 79.9. The topological polar surface area (TPSA) is 113 Å². The van der Waals surface area contributed by atoms with E-state index in [4.69, 9.17) is 14.6 Å². The van der Waals surface area contributed by atoms with Crippen LogP contribution in [0.4, 0.5) is 4.79 Å². The summed E-state index contributed by atoms with van der Waals surface area (Å²) in [6.07, 6.45) is 0.208. The van der Waals surface area contributed by atoms with E-state index in [2.05, 4.69) is 15.9 Å². The van der Waals surface area contributed by atoms with Gasteiger partial charge in [0.1, 0.15) is 18.8 Å². The monoisotopic (exact) mass is 557 g/mol. The number of halogens is 1. The van der Waals surface area contributed by atoms with Crippen LogP contribution in [0.1, 0.15) is 36.4 Å². The van der Waals surface area contributed by atoms with Crippen molar-refractivity contribution in [2.75, 3.05) is 13.2 Å². The second kappa shape index (κ2) is 11.5. The molecule has 2 aliphatic heterocycles. The zero-order valence-corrected chi connectivity index (χ0v) is 21.2. The molecule has 4 atom stereocenters. The van der Waals surface area contributed by atoms with Crippen LogP contribution in [0.3, 0.4) is 0 Å². The lowest BCUT2D eigenvalue weighted by Gasteiger charge is -2.38. The number of carbonyl (C=O) groups excluding carboxylic acids is 3. The molecule has 2 N–H and O–H groups in total.